The highest BCUT2D eigenvalue weighted by Gasteiger charge is 2.32. The molecule has 4 heteroatoms. The topological polar surface area (TPSA) is 55.6 Å². The van der Waals surface area contributed by atoms with E-state index in [1.54, 1.807) is 0 Å². The molecule has 2 N–H and O–H groups in total. The maximum absolute atomic E-state index is 12.5. The largest absolute Gasteiger partial charge is 0.492 e. The van der Waals surface area contributed by atoms with Gasteiger partial charge in [-0.15, -0.1) is 0 Å². The Kier molecular flexibility index (Phi) is 4.98. The highest BCUT2D eigenvalue weighted by atomic mass is 16.5. The molecule has 2 fully saturated rings. The Bertz CT molecular complexity index is 488. The van der Waals surface area contributed by atoms with Crippen LogP contribution >= 0.6 is 0 Å². The van der Waals surface area contributed by atoms with Crippen molar-refractivity contribution in [3.63, 3.8) is 0 Å². The van der Waals surface area contributed by atoms with E-state index in [-0.39, 0.29) is 5.91 Å². The Morgan fingerprint density at radius 1 is 1.18 bits per heavy atom. The van der Waals surface area contributed by atoms with Gasteiger partial charge in [0.25, 0.3) is 0 Å². The van der Waals surface area contributed by atoms with Crippen molar-refractivity contribution in [3.8, 4) is 5.75 Å². The Balaban J connectivity index is 1.55. The molecule has 1 aliphatic heterocycles. The van der Waals surface area contributed by atoms with Crippen LogP contribution in [0.2, 0.25) is 0 Å². The maximum atomic E-state index is 12.5. The van der Waals surface area contributed by atoms with Gasteiger partial charge in [-0.25, -0.2) is 0 Å². The molecule has 1 aliphatic carbocycles. The Labute approximate surface area is 132 Å². The number of fused-ring (bicyclic) bond motifs is 2. The van der Waals surface area contributed by atoms with Crippen molar-refractivity contribution < 1.29 is 9.53 Å². The number of carbonyl (C=O) groups is 1. The minimum Gasteiger partial charge on any atom is -0.492 e. The summed E-state index contributed by atoms with van der Waals surface area (Å²) in [5, 5.41) is 0. The number of nitrogens with two attached hydrogens (primary N) is 1. The molecule has 1 saturated carbocycles. The van der Waals surface area contributed by atoms with E-state index in [9.17, 15) is 4.79 Å². The van der Waals surface area contributed by atoms with Crippen LogP contribution in [0.25, 0.3) is 0 Å². The number of rotatable bonds is 5. The summed E-state index contributed by atoms with van der Waals surface area (Å²) in [6.07, 6.45) is 5.77. The monoisotopic (exact) mass is 302 g/mol. The van der Waals surface area contributed by atoms with E-state index < -0.39 is 0 Å². The van der Waals surface area contributed by atoms with Crippen LogP contribution in [0.1, 0.15) is 31.2 Å². The number of likely N-dealkylation sites (tertiary alicyclic amines) is 1. The van der Waals surface area contributed by atoms with Gasteiger partial charge in [-0.3, -0.25) is 4.79 Å². The number of ether oxygens (including phenoxy) is 1. The first-order valence-electron chi connectivity index (χ1n) is 8.44. The molecular formula is C18H26N2O2. The van der Waals surface area contributed by atoms with Gasteiger partial charge in [-0.05, 0) is 48.8 Å². The molecule has 2 atom stereocenters. The third-order valence-corrected chi connectivity index (χ3v) is 4.87. The number of amides is 1. The van der Waals surface area contributed by atoms with E-state index >= 15 is 0 Å². The SMILES string of the molecule is NCCOc1ccc(CC(=O)N2C[C@@H]3CCC[C@@H](C3)C2)cc1. The molecule has 1 amide bonds. The van der Waals surface area contributed by atoms with Gasteiger partial charge in [0.05, 0.1) is 6.42 Å². The fourth-order valence-electron chi connectivity index (χ4n) is 3.80. The molecule has 0 radical (unpaired) electrons. The van der Waals surface area contributed by atoms with Crippen LogP contribution < -0.4 is 10.5 Å². The summed E-state index contributed by atoms with van der Waals surface area (Å²) in [7, 11) is 0. The van der Waals surface area contributed by atoms with E-state index in [0.717, 1.165) is 36.2 Å². The molecule has 1 aromatic rings. The number of carbonyl (C=O) groups excluding carboxylic acids is 1. The predicted octanol–water partition coefficient (Wildman–Crippen LogP) is 2.22. The van der Waals surface area contributed by atoms with Crippen LogP contribution in [0.15, 0.2) is 24.3 Å². The third kappa shape index (κ3) is 3.80. The average molecular weight is 302 g/mol. The first-order valence-corrected chi connectivity index (χ1v) is 8.44. The molecule has 2 aliphatic rings. The summed E-state index contributed by atoms with van der Waals surface area (Å²) in [5.41, 5.74) is 6.47. The van der Waals surface area contributed by atoms with Crippen molar-refractivity contribution in [2.24, 2.45) is 17.6 Å². The second kappa shape index (κ2) is 7.14. The second-order valence-electron chi connectivity index (χ2n) is 6.66. The van der Waals surface area contributed by atoms with E-state index in [4.69, 9.17) is 10.5 Å². The van der Waals surface area contributed by atoms with E-state index in [2.05, 4.69) is 4.90 Å². The zero-order valence-electron chi connectivity index (χ0n) is 13.2. The molecule has 120 valence electrons. The molecular weight excluding hydrogens is 276 g/mol. The van der Waals surface area contributed by atoms with Crippen LogP contribution in [0.4, 0.5) is 0 Å². The van der Waals surface area contributed by atoms with Crippen molar-refractivity contribution in [2.45, 2.75) is 32.1 Å². The van der Waals surface area contributed by atoms with Gasteiger partial charge in [-0.2, -0.15) is 0 Å². The molecule has 22 heavy (non-hydrogen) atoms. The fourth-order valence-corrected chi connectivity index (χ4v) is 3.80. The van der Waals surface area contributed by atoms with E-state index in [1.807, 2.05) is 24.3 Å². The maximum Gasteiger partial charge on any atom is 0.227 e. The number of piperidine rings is 1. The minimum absolute atomic E-state index is 0.271. The molecule has 1 saturated heterocycles. The summed E-state index contributed by atoms with van der Waals surface area (Å²) < 4.78 is 5.46. The highest BCUT2D eigenvalue weighted by molar-refractivity contribution is 5.79. The summed E-state index contributed by atoms with van der Waals surface area (Å²) in [6.45, 7) is 2.96. The smallest absolute Gasteiger partial charge is 0.227 e. The molecule has 1 heterocycles. The van der Waals surface area contributed by atoms with Crippen molar-refractivity contribution in [2.75, 3.05) is 26.2 Å². The number of hydrogen-bond donors (Lipinski definition) is 1. The van der Waals surface area contributed by atoms with Gasteiger partial charge in [0, 0.05) is 19.6 Å². The van der Waals surface area contributed by atoms with Gasteiger partial charge >= 0.3 is 0 Å². The van der Waals surface area contributed by atoms with Crippen molar-refractivity contribution in [3.05, 3.63) is 29.8 Å². The molecule has 2 bridgehead atoms. The van der Waals surface area contributed by atoms with Crippen molar-refractivity contribution >= 4 is 5.91 Å². The van der Waals surface area contributed by atoms with Crippen LogP contribution in [-0.4, -0.2) is 37.0 Å². The van der Waals surface area contributed by atoms with Gasteiger partial charge < -0.3 is 15.4 Å². The number of benzene rings is 1. The van der Waals surface area contributed by atoms with E-state index in [0.29, 0.717) is 19.6 Å². The minimum atomic E-state index is 0.271. The first-order chi connectivity index (χ1) is 10.7. The van der Waals surface area contributed by atoms with Gasteiger partial charge in [-0.1, -0.05) is 18.6 Å². The zero-order valence-corrected chi connectivity index (χ0v) is 13.2. The quantitative estimate of drug-likeness (QED) is 0.907. The lowest BCUT2D eigenvalue weighted by atomic mass is 9.78. The third-order valence-electron chi connectivity index (χ3n) is 4.87. The van der Waals surface area contributed by atoms with Crippen molar-refractivity contribution in [1.82, 2.24) is 4.90 Å². The molecule has 0 aromatic heterocycles. The van der Waals surface area contributed by atoms with Crippen LogP contribution in [0.3, 0.4) is 0 Å². The summed E-state index contributed by atoms with van der Waals surface area (Å²) in [6, 6.07) is 7.80. The first kappa shape index (κ1) is 15.3. The number of nitrogens with zero attached hydrogens (tertiary/aromatic N) is 1. The molecule has 0 spiro atoms. The lowest BCUT2D eigenvalue weighted by Gasteiger charge is -2.41. The molecule has 4 nitrogen and oxygen atoms in total. The number of hydrogen-bond acceptors (Lipinski definition) is 3. The van der Waals surface area contributed by atoms with Crippen LogP contribution in [0, 0.1) is 11.8 Å². The second-order valence-corrected chi connectivity index (χ2v) is 6.66. The molecule has 3 rings (SSSR count). The van der Waals surface area contributed by atoms with Gasteiger partial charge in [0.1, 0.15) is 12.4 Å². The Morgan fingerprint density at radius 2 is 1.86 bits per heavy atom. The Hall–Kier alpha value is -1.55. The van der Waals surface area contributed by atoms with Crippen LogP contribution in [0.5, 0.6) is 5.75 Å². The Morgan fingerprint density at radius 3 is 2.50 bits per heavy atom. The molecule has 1 aromatic carbocycles. The highest BCUT2D eigenvalue weighted by Crippen LogP contribution is 2.34. The van der Waals surface area contributed by atoms with Gasteiger partial charge in [0.2, 0.25) is 5.91 Å². The predicted molar refractivity (Wildman–Crippen MR) is 86.7 cm³/mol. The van der Waals surface area contributed by atoms with Gasteiger partial charge in [0.15, 0.2) is 0 Å². The van der Waals surface area contributed by atoms with Crippen molar-refractivity contribution in [1.29, 1.82) is 0 Å². The normalized spacial score (nSPS) is 24.1. The standard InChI is InChI=1S/C18H26N2O2/c19-8-9-22-17-6-4-14(5-7-17)11-18(21)20-12-15-2-1-3-16(10-15)13-20/h4-7,15-16H,1-3,8-13,19H2/t15-,16+. The average Bonchev–Trinajstić information content (AvgIpc) is 2.54. The zero-order chi connectivity index (χ0) is 15.4. The summed E-state index contributed by atoms with van der Waals surface area (Å²) >= 11 is 0. The fraction of sp³-hybridized carbons (Fsp3) is 0.611. The lowest BCUT2D eigenvalue weighted by molar-refractivity contribution is -0.134. The summed E-state index contributed by atoms with van der Waals surface area (Å²) in [4.78, 5) is 14.6. The van der Waals surface area contributed by atoms with Crippen LogP contribution in [-0.2, 0) is 11.2 Å². The summed E-state index contributed by atoms with van der Waals surface area (Å²) in [5.74, 6) is 2.56. The molecule has 0 unspecified atom stereocenters. The lowest BCUT2D eigenvalue weighted by Crippen LogP contribution is -2.46. The van der Waals surface area contributed by atoms with E-state index in [1.165, 1.54) is 25.7 Å².